The average molecular weight is 334 g/mol. The van der Waals surface area contributed by atoms with E-state index in [1.807, 2.05) is 0 Å². The van der Waals surface area contributed by atoms with Gasteiger partial charge in [-0.15, -0.1) is 0 Å². The van der Waals surface area contributed by atoms with Crippen LogP contribution in [0.4, 0.5) is 0 Å². The van der Waals surface area contributed by atoms with Crippen LogP contribution in [0.3, 0.4) is 0 Å². The molecule has 0 aliphatic heterocycles. The molecule has 6 unspecified atom stereocenters. The molecule has 12 heteroatoms. The Kier molecular flexibility index (Phi) is 6.65. The fourth-order valence-corrected chi connectivity index (χ4v) is 2.72. The second kappa shape index (κ2) is 7.40. The molecule has 0 aromatic heterocycles. The highest BCUT2D eigenvalue weighted by molar-refractivity contribution is 7.47. The molecule has 0 radical (unpaired) electrons. The zero-order valence-electron chi connectivity index (χ0n) is 10.7. The first kappa shape index (κ1) is 18.9. The minimum absolute atomic E-state index is 0.738. The van der Waals surface area contributed by atoms with Gasteiger partial charge in [0.05, 0.1) is 13.2 Å². The SMILES string of the molecule is O=P(O)(OCC(O)CO)OC1C(O)C(O)C(O)C(O)C1O. The first-order chi connectivity index (χ1) is 9.60. The third-order valence-corrected chi connectivity index (χ3v) is 3.95. The molecule has 0 saturated heterocycles. The number of phosphoric ester groups is 1. The molecule has 1 fully saturated rings. The first-order valence-corrected chi connectivity index (χ1v) is 7.45. The highest BCUT2D eigenvalue weighted by Gasteiger charge is 2.51. The molecule has 0 aromatic rings. The Morgan fingerprint density at radius 2 is 1.38 bits per heavy atom. The van der Waals surface area contributed by atoms with Gasteiger partial charge in [0.15, 0.2) is 0 Å². The van der Waals surface area contributed by atoms with Gasteiger partial charge < -0.3 is 40.6 Å². The van der Waals surface area contributed by atoms with Crippen LogP contribution in [0.5, 0.6) is 0 Å². The summed E-state index contributed by atoms with van der Waals surface area (Å²) < 4.78 is 20.3. The molecule has 0 bridgehead atoms. The molecular weight excluding hydrogens is 315 g/mol. The number of phosphoric acid groups is 1. The molecule has 8 N–H and O–H groups in total. The molecule has 11 nitrogen and oxygen atoms in total. The first-order valence-electron chi connectivity index (χ1n) is 5.95. The molecule has 6 atom stereocenters. The van der Waals surface area contributed by atoms with Crippen LogP contribution in [-0.2, 0) is 13.6 Å². The Bertz CT molecular complexity index is 363. The Hall–Kier alpha value is -0.170. The lowest BCUT2D eigenvalue weighted by Crippen LogP contribution is -2.64. The van der Waals surface area contributed by atoms with E-state index in [9.17, 15) is 35.0 Å². The van der Waals surface area contributed by atoms with Crippen LogP contribution in [0.15, 0.2) is 0 Å². The number of aliphatic hydroxyl groups excluding tert-OH is 7. The standard InChI is InChI=1S/C9H19O11P/c10-1-3(11)2-19-21(17,18)20-9-7(15)5(13)4(12)6(14)8(9)16/h3-16H,1-2H2,(H,17,18). The highest BCUT2D eigenvalue weighted by Crippen LogP contribution is 2.46. The van der Waals surface area contributed by atoms with Crippen LogP contribution in [0, 0.1) is 0 Å². The minimum atomic E-state index is -4.87. The Balaban J connectivity index is 2.72. The van der Waals surface area contributed by atoms with Gasteiger partial charge in [-0.3, -0.25) is 9.05 Å². The van der Waals surface area contributed by atoms with Crippen molar-refractivity contribution in [3.63, 3.8) is 0 Å². The van der Waals surface area contributed by atoms with Crippen LogP contribution in [0.1, 0.15) is 0 Å². The number of hydrogen-bond donors (Lipinski definition) is 8. The smallest absolute Gasteiger partial charge is 0.394 e. The average Bonchev–Trinajstić information content (AvgIpc) is 2.45. The van der Waals surface area contributed by atoms with E-state index in [-0.39, 0.29) is 0 Å². The molecule has 0 aromatic carbocycles. The molecule has 0 spiro atoms. The lowest BCUT2D eigenvalue weighted by Gasteiger charge is -2.41. The summed E-state index contributed by atoms with van der Waals surface area (Å²) in [6, 6.07) is 0. The lowest BCUT2D eigenvalue weighted by molar-refractivity contribution is -0.220. The topological polar surface area (TPSA) is 197 Å². The van der Waals surface area contributed by atoms with Gasteiger partial charge in [0.25, 0.3) is 0 Å². The van der Waals surface area contributed by atoms with Crippen molar-refractivity contribution in [2.75, 3.05) is 13.2 Å². The normalized spacial score (nSPS) is 41.5. The van der Waals surface area contributed by atoms with Crippen molar-refractivity contribution in [3.05, 3.63) is 0 Å². The summed E-state index contributed by atoms with van der Waals surface area (Å²) in [7, 11) is -4.87. The van der Waals surface area contributed by atoms with Gasteiger partial charge in [0.1, 0.15) is 42.7 Å². The summed E-state index contributed by atoms with van der Waals surface area (Å²) in [6.45, 7) is -1.50. The summed E-state index contributed by atoms with van der Waals surface area (Å²) in [4.78, 5) is 9.36. The molecule has 1 saturated carbocycles. The maximum absolute atomic E-state index is 11.6. The van der Waals surface area contributed by atoms with Crippen LogP contribution in [0.2, 0.25) is 0 Å². The monoisotopic (exact) mass is 334 g/mol. The molecule has 1 rings (SSSR count). The zero-order valence-corrected chi connectivity index (χ0v) is 11.6. The predicted octanol–water partition coefficient (Wildman–Crippen LogP) is -4.34. The Morgan fingerprint density at radius 1 is 0.952 bits per heavy atom. The van der Waals surface area contributed by atoms with Crippen LogP contribution >= 0.6 is 7.82 Å². The second-order valence-electron chi connectivity index (χ2n) is 4.62. The molecular formula is C9H19O11P. The van der Waals surface area contributed by atoms with Crippen molar-refractivity contribution in [2.45, 2.75) is 42.7 Å². The van der Waals surface area contributed by atoms with E-state index in [2.05, 4.69) is 9.05 Å². The molecule has 0 amide bonds. The van der Waals surface area contributed by atoms with Crippen molar-refractivity contribution in [1.29, 1.82) is 0 Å². The third kappa shape index (κ3) is 4.65. The Morgan fingerprint density at radius 3 is 1.81 bits per heavy atom. The largest absolute Gasteiger partial charge is 0.472 e. The number of hydrogen-bond acceptors (Lipinski definition) is 10. The van der Waals surface area contributed by atoms with Crippen LogP contribution < -0.4 is 0 Å². The van der Waals surface area contributed by atoms with E-state index in [1.165, 1.54) is 0 Å². The highest BCUT2D eigenvalue weighted by atomic mass is 31.2. The molecule has 0 heterocycles. The van der Waals surface area contributed by atoms with Crippen LogP contribution in [0.25, 0.3) is 0 Å². The third-order valence-electron chi connectivity index (χ3n) is 2.97. The quantitative estimate of drug-likeness (QED) is 0.218. The van der Waals surface area contributed by atoms with Gasteiger partial charge >= 0.3 is 7.82 Å². The van der Waals surface area contributed by atoms with Gasteiger partial charge in [-0.05, 0) is 0 Å². The summed E-state index contributed by atoms with van der Waals surface area (Å²) in [6.07, 6.45) is -13.0. The van der Waals surface area contributed by atoms with E-state index in [0.717, 1.165) is 0 Å². The van der Waals surface area contributed by atoms with Gasteiger partial charge in [-0.2, -0.15) is 0 Å². The summed E-state index contributed by atoms with van der Waals surface area (Å²) in [5.74, 6) is 0. The van der Waals surface area contributed by atoms with Crippen molar-refractivity contribution in [1.82, 2.24) is 0 Å². The van der Waals surface area contributed by atoms with Crippen molar-refractivity contribution < 1.29 is 54.3 Å². The van der Waals surface area contributed by atoms with Gasteiger partial charge in [0.2, 0.25) is 0 Å². The number of aliphatic hydroxyl groups is 7. The van der Waals surface area contributed by atoms with Crippen molar-refractivity contribution >= 4 is 7.82 Å². The predicted molar refractivity (Wildman–Crippen MR) is 63.8 cm³/mol. The fraction of sp³-hybridized carbons (Fsp3) is 1.00. The van der Waals surface area contributed by atoms with E-state index in [1.54, 1.807) is 0 Å². The molecule has 1 aliphatic rings. The minimum Gasteiger partial charge on any atom is -0.394 e. The van der Waals surface area contributed by atoms with Gasteiger partial charge in [-0.1, -0.05) is 0 Å². The zero-order chi connectivity index (χ0) is 16.4. The van der Waals surface area contributed by atoms with Gasteiger partial charge in [-0.25, -0.2) is 4.57 Å². The summed E-state index contributed by atoms with van der Waals surface area (Å²) in [5, 5.41) is 64.8. The van der Waals surface area contributed by atoms with E-state index >= 15 is 0 Å². The fourth-order valence-electron chi connectivity index (χ4n) is 1.74. The number of rotatable bonds is 6. The summed E-state index contributed by atoms with van der Waals surface area (Å²) >= 11 is 0. The van der Waals surface area contributed by atoms with Crippen molar-refractivity contribution in [3.8, 4) is 0 Å². The van der Waals surface area contributed by atoms with E-state index in [4.69, 9.17) is 10.2 Å². The van der Waals surface area contributed by atoms with Gasteiger partial charge in [0, 0.05) is 0 Å². The molecule has 126 valence electrons. The summed E-state index contributed by atoms with van der Waals surface area (Å²) in [5.41, 5.74) is 0. The molecule has 21 heavy (non-hydrogen) atoms. The maximum Gasteiger partial charge on any atom is 0.472 e. The molecule has 1 aliphatic carbocycles. The lowest BCUT2D eigenvalue weighted by atomic mass is 9.85. The maximum atomic E-state index is 11.6. The van der Waals surface area contributed by atoms with E-state index < -0.39 is 63.8 Å². The van der Waals surface area contributed by atoms with Crippen LogP contribution in [-0.4, -0.2) is 96.6 Å². The second-order valence-corrected chi connectivity index (χ2v) is 6.03. The Labute approximate surface area is 119 Å². The van der Waals surface area contributed by atoms with E-state index in [0.29, 0.717) is 0 Å². The van der Waals surface area contributed by atoms with Crippen molar-refractivity contribution in [2.24, 2.45) is 0 Å².